The Morgan fingerprint density at radius 3 is 2.11 bits per heavy atom. The van der Waals surface area contributed by atoms with E-state index in [1.807, 2.05) is 6.07 Å². The van der Waals surface area contributed by atoms with E-state index in [-0.39, 0.29) is 31.3 Å². The zero-order valence-electron chi connectivity index (χ0n) is 33.3. The maximum atomic E-state index is 13.0. The number of unbranched alkanes of at least 4 members (excludes halogenated alkanes) is 15. The van der Waals surface area contributed by atoms with E-state index in [4.69, 9.17) is 34.3 Å². The molecule has 0 aliphatic carbocycles. The number of ether oxygens (including phenoxy) is 3. The smallest absolute Gasteiger partial charge is 0.387 e. The fraction of sp³-hybridized carbons (Fsp3) is 0.659. The van der Waals surface area contributed by atoms with E-state index in [2.05, 4.69) is 23.1 Å². The molecule has 314 valence electrons. The van der Waals surface area contributed by atoms with E-state index in [1.54, 1.807) is 24.3 Å². The van der Waals surface area contributed by atoms with Crippen LogP contribution in [0.2, 0.25) is 0 Å². The Morgan fingerprint density at radius 2 is 1.51 bits per heavy atom. The van der Waals surface area contributed by atoms with Crippen LogP contribution in [0.4, 0.5) is 5.82 Å². The lowest BCUT2D eigenvalue weighted by atomic mass is 9.92. The number of phosphoric ester groups is 1. The number of nitrogens with two attached hydrogens (primary N) is 1. The summed E-state index contributed by atoms with van der Waals surface area (Å²) in [5, 5.41) is 45.1. The van der Waals surface area contributed by atoms with E-state index in [0.29, 0.717) is 17.7 Å². The highest BCUT2D eigenvalue weighted by atomic mass is 31.2. The predicted octanol–water partition coefficient (Wildman–Crippen LogP) is 7.02. The Labute approximate surface area is 336 Å². The zero-order valence-corrected chi connectivity index (χ0v) is 34.1. The van der Waals surface area contributed by atoms with Crippen molar-refractivity contribution in [3.63, 3.8) is 0 Å². The van der Waals surface area contributed by atoms with E-state index in [9.17, 15) is 24.9 Å². The third-order valence-electron chi connectivity index (χ3n) is 10.3. The highest BCUT2D eigenvalue weighted by Gasteiger charge is 2.58. The number of nitrogen functional groups attached to an aromatic ring is 1. The number of rotatable bonds is 29. The number of aromatic nitrogens is 3. The average molecular weight is 813 g/mol. The van der Waals surface area contributed by atoms with Crippen molar-refractivity contribution in [2.45, 2.75) is 146 Å². The van der Waals surface area contributed by atoms with Crippen molar-refractivity contribution in [3.05, 3.63) is 59.5 Å². The molecular weight excluding hydrogens is 751 g/mol. The molecule has 57 heavy (non-hydrogen) atoms. The standard InChI is InChI=1S/C41H61N6O9P/c1-2-3-4-5-6-7-8-9-10-11-12-13-14-15-16-17-24-52-27-34(53-26-33-20-18-32(25-42)19-21-33)28-54-57(50,51)55-29-36-38(48)39(49)41(30-43,56-36)37-23-22-35-40(44)45-31-46-47(35)37/h18-23,31,34,36,38-39,48-49H,2-17,24,26-29H2,1H3,(H,50,51)(H2,44,45,46)/t34-,36+,38?,39-,41-/m0/s1. The second-order valence-electron chi connectivity index (χ2n) is 14.8. The first-order chi connectivity index (χ1) is 27.6. The van der Waals surface area contributed by atoms with E-state index in [1.165, 1.54) is 106 Å². The number of aliphatic hydroxyl groups excluding tert-OH is 2. The van der Waals surface area contributed by atoms with Gasteiger partial charge in [-0.15, -0.1) is 0 Å². The quantitative estimate of drug-likeness (QED) is 0.0408. The van der Waals surface area contributed by atoms with Crippen LogP contribution in [0, 0.1) is 22.7 Å². The molecule has 1 fully saturated rings. The van der Waals surface area contributed by atoms with Crippen molar-refractivity contribution in [2.24, 2.45) is 0 Å². The fourth-order valence-electron chi connectivity index (χ4n) is 6.93. The SMILES string of the molecule is CCCCCCCCCCCCCCCCCCOC[C@@H](COP(=O)(O)OC[C@H]1O[C@@](C#N)(c2ccc3c(N)ncnn23)[C@@H](O)C1O)OCc1ccc(C#N)cc1. The lowest BCUT2D eigenvalue weighted by molar-refractivity contribution is -0.0690. The van der Waals surface area contributed by atoms with Gasteiger partial charge in [-0.1, -0.05) is 115 Å². The van der Waals surface area contributed by atoms with Crippen LogP contribution in [0.3, 0.4) is 0 Å². The normalized spacial score (nSPS) is 21.0. The summed E-state index contributed by atoms with van der Waals surface area (Å²) in [5.41, 5.74) is 5.54. The minimum Gasteiger partial charge on any atom is -0.387 e. The van der Waals surface area contributed by atoms with E-state index < -0.39 is 44.4 Å². The molecule has 4 rings (SSSR count). The molecule has 15 nitrogen and oxygen atoms in total. The Balaban J connectivity index is 1.18. The summed E-state index contributed by atoms with van der Waals surface area (Å²) < 4.78 is 42.4. The summed E-state index contributed by atoms with van der Waals surface area (Å²) in [7, 11) is -4.76. The zero-order chi connectivity index (χ0) is 40.9. The van der Waals surface area contributed by atoms with Gasteiger partial charge in [0.05, 0.1) is 43.8 Å². The summed E-state index contributed by atoms with van der Waals surface area (Å²) in [6.07, 6.45) is 16.0. The largest absolute Gasteiger partial charge is 0.472 e. The molecule has 0 bridgehead atoms. The number of phosphoric acid groups is 1. The molecule has 3 heterocycles. The lowest BCUT2D eigenvalue weighted by Gasteiger charge is -2.24. The summed E-state index contributed by atoms with van der Waals surface area (Å²) in [4.78, 5) is 14.5. The van der Waals surface area contributed by atoms with Gasteiger partial charge in [0, 0.05) is 6.61 Å². The molecule has 0 radical (unpaired) electrons. The van der Waals surface area contributed by atoms with Crippen molar-refractivity contribution in [2.75, 3.05) is 32.2 Å². The molecule has 5 N–H and O–H groups in total. The third-order valence-corrected chi connectivity index (χ3v) is 11.3. The second-order valence-corrected chi connectivity index (χ2v) is 16.2. The molecule has 6 atom stereocenters. The number of nitrogens with zero attached hydrogens (tertiary/aromatic N) is 5. The monoisotopic (exact) mass is 812 g/mol. The number of aliphatic hydroxyl groups is 2. The highest BCUT2D eigenvalue weighted by molar-refractivity contribution is 7.47. The van der Waals surface area contributed by atoms with Crippen LogP contribution in [0.25, 0.3) is 5.52 Å². The van der Waals surface area contributed by atoms with Gasteiger partial charge in [0.15, 0.2) is 5.82 Å². The second kappa shape index (κ2) is 24.5. The summed E-state index contributed by atoms with van der Waals surface area (Å²) >= 11 is 0. The molecule has 3 aromatic rings. The van der Waals surface area contributed by atoms with Crippen molar-refractivity contribution in [1.29, 1.82) is 10.5 Å². The van der Waals surface area contributed by atoms with Gasteiger partial charge in [-0.3, -0.25) is 9.05 Å². The van der Waals surface area contributed by atoms with E-state index >= 15 is 0 Å². The van der Waals surface area contributed by atoms with Crippen molar-refractivity contribution in [1.82, 2.24) is 14.6 Å². The van der Waals surface area contributed by atoms with Crippen LogP contribution in [0.5, 0.6) is 0 Å². The van der Waals surface area contributed by atoms with Crippen LogP contribution in [-0.4, -0.2) is 80.5 Å². The number of hydrogen-bond donors (Lipinski definition) is 4. The van der Waals surface area contributed by atoms with Gasteiger partial charge >= 0.3 is 7.82 Å². The Hall–Kier alpha value is -3.47. The van der Waals surface area contributed by atoms with Crippen LogP contribution in [-0.2, 0) is 40.0 Å². The molecule has 1 aliphatic heterocycles. The minimum atomic E-state index is -4.76. The molecule has 2 unspecified atom stereocenters. The van der Waals surface area contributed by atoms with Crippen molar-refractivity contribution < 1.29 is 42.9 Å². The molecule has 2 aromatic heterocycles. The van der Waals surface area contributed by atoms with Crippen molar-refractivity contribution in [3.8, 4) is 12.1 Å². The average Bonchev–Trinajstić information content (AvgIpc) is 3.77. The van der Waals surface area contributed by atoms with Gasteiger partial charge in [-0.2, -0.15) is 15.6 Å². The first-order valence-corrected chi connectivity index (χ1v) is 22.0. The summed E-state index contributed by atoms with van der Waals surface area (Å²) in [6, 6.07) is 13.9. The van der Waals surface area contributed by atoms with E-state index in [0.717, 1.165) is 24.8 Å². The Bertz CT molecular complexity index is 1750. The number of fused-ring (bicyclic) bond motifs is 1. The maximum absolute atomic E-state index is 13.0. The number of hydrogen-bond acceptors (Lipinski definition) is 13. The summed E-state index contributed by atoms with van der Waals surface area (Å²) in [5.74, 6) is 0.125. The number of benzene rings is 1. The number of anilines is 1. The first kappa shape index (κ1) is 46.2. The van der Waals surface area contributed by atoms with Gasteiger partial charge in [0.1, 0.15) is 42.3 Å². The predicted molar refractivity (Wildman–Crippen MR) is 213 cm³/mol. The molecule has 16 heteroatoms. The van der Waals surface area contributed by atoms with Crippen LogP contribution in [0.1, 0.15) is 126 Å². The van der Waals surface area contributed by atoms with Crippen molar-refractivity contribution >= 4 is 19.2 Å². The molecular formula is C41H61N6O9P. The van der Waals surface area contributed by atoms with Crippen LogP contribution < -0.4 is 5.73 Å². The maximum Gasteiger partial charge on any atom is 0.472 e. The molecule has 1 aliphatic rings. The lowest BCUT2D eigenvalue weighted by Crippen LogP contribution is -2.41. The van der Waals surface area contributed by atoms with Gasteiger partial charge in [-0.05, 0) is 36.2 Å². The summed E-state index contributed by atoms with van der Waals surface area (Å²) in [6.45, 7) is 1.93. The van der Waals surface area contributed by atoms with Gasteiger partial charge in [0.2, 0.25) is 5.60 Å². The van der Waals surface area contributed by atoms with Gasteiger partial charge < -0.3 is 35.1 Å². The topological polar surface area (TPSA) is 228 Å². The van der Waals surface area contributed by atoms with Crippen LogP contribution in [0.15, 0.2) is 42.7 Å². The van der Waals surface area contributed by atoms with Gasteiger partial charge in [-0.25, -0.2) is 14.1 Å². The number of nitriles is 2. The van der Waals surface area contributed by atoms with Gasteiger partial charge in [0.25, 0.3) is 0 Å². The third kappa shape index (κ3) is 14.4. The molecule has 0 spiro atoms. The highest BCUT2D eigenvalue weighted by Crippen LogP contribution is 2.46. The first-order valence-electron chi connectivity index (χ1n) is 20.5. The molecule has 0 saturated carbocycles. The Morgan fingerprint density at radius 1 is 0.895 bits per heavy atom. The minimum absolute atomic E-state index is 0.0772. The molecule has 0 amide bonds. The molecule has 1 saturated heterocycles. The fourth-order valence-corrected chi connectivity index (χ4v) is 7.70. The van der Waals surface area contributed by atoms with Crippen LogP contribution >= 0.6 is 7.82 Å². The Kier molecular flexibility index (Phi) is 19.8. The molecule has 1 aromatic carbocycles.